The minimum Gasteiger partial charge on any atom is -0.491 e. The Bertz CT molecular complexity index is 1430. The highest BCUT2D eigenvalue weighted by atomic mass is 16.5. The van der Waals surface area contributed by atoms with Gasteiger partial charge in [-0.25, -0.2) is 5.43 Å². The van der Waals surface area contributed by atoms with Crippen LogP contribution in [0.2, 0.25) is 0 Å². The number of ether oxygens (including phenoxy) is 1. The van der Waals surface area contributed by atoms with E-state index in [0.717, 1.165) is 72.4 Å². The highest BCUT2D eigenvalue weighted by molar-refractivity contribution is 5.99. The molecule has 0 atom stereocenters. The van der Waals surface area contributed by atoms with Crippen LogP contribution >= 0.6 is 0 Å². The first-order chi connectivity index (χ1) is 19.1. The van der Waals surface area contributed by atoms with Gasteiger partial charge in [0.1, 0.15) is 12.4 Å². The molecule has 2 fully saturated rings. The van der Waals surface area contributed by atoms with Gasteiger partial charge in [-0.2, -0.15) is 20.1 Å². The number of anilines is 3. The average molecular weight is 525 g/mol. The second kappa shape index (κ2) is 11.3. The molecule has 4 heterocycles. The third-order valence-corrected chi connectivity index (χ3v) is 7.50. The number of hydrogen-bond acceptors (Lipinski definition) is 8. The summed E-state index contributed by atoms with van der Waals surface area (Å²) >= 11 is 0. The number of hydrazone groups is 1. The predicted molar refractivity (Wildman–Crippen MR) is 157 cm³/mol. The van der Waals surface area contributed by atoms with E-state index in [9.17, 15) is 0 Å². The van der Waals surface area contributed by atoms with Crippen LogP contribution in [0.25, 0.3) is 10.9 Å². The van der Waals surface area contributed by atoms with Gasteiger partial charge in [0, 0.05) is 48.8 Å². The molecule has 9 heteroatoms. The molecule has 2 aromatic heterocycles. The number of para-hydroxylation sites is 1. The first kappa shape index (κ1) is 25.2. The van der Waals surface area contributed by atoms with Crippen molar-refractivity contribution in [3.8, 4) is 5.75 Å². The van der Waals surface area contributed by atoms with Gasteiger partial charge < -0.3 is 19.1 Å². The van der Waals surface area contributed by atoms with Crippen LogP contribution in [0, 0.1) is 13.8 Å². The Morgan fingerprint density at radius 1 is 0.897 bits per heavy atom. The van der Waals surface area contributed by atoms with Crippen LogP contribution in [-0.2, 0) is 6.54 Å². The molecular weight excluding hydrogens is 488 g/mol. The summed E-state index contributed by atoms with van der Waals surface area (Å²) < 4.78 is 8.32. The first-order valence-electron chi connectivity index (χ1n) is 14.0. The van der Waals surface area contributed by atoms with Crippen molar-refractivity contribution in [1.82, 2.24) is 19.5 Å². The quantitative estimate of drug-likeness (QED) is 0.239. The Morgan fingerprint density at radius 3 is 2.28 bits per heavy atom. The fourth-order valence-corrected chi connectivity index (χ4v) is 5.46. The third kappa shape index (κ3) is 5.67. The Kier molecular flexibility index (Phi) is 7.29. The Labute approximate surface area is 229 Å². The van der Waals surface area contributed by atoms with E-state index in [2.05, 4.69) is 81.3 Å². The van der Waals surface area contributed by atoms with Gasteiger partial charge in [0.15, 0.2) is 0 Å². The monoisotopic (exact) mass is 524 g/mol. The lowest BCUT2D eigenvalue weighted by Crippen LogP contribution is -2.25. The van der Waals surface area contributed by atoms with E-state index in [0.29, 0.717) is 12.6 Å². The van der Waals surface area contributed by atoms with Gasteiger partial charge in [-0.1, -0.05) is 35.9 Å². The van der Waals surface area contributed by atoms with Crippen molar-refractivity contribution in [3.63, 3.8) is 0 Å². The molecule has 202 valence electrons. The van der Waals surface area contributed by atoms with Crippen LogP contribution in [0.15, 0.2) is 53.8 Å². The van der Waals surface area contributed by atoms with Crippen LogP contribution in [0.5, 0.6) is 5.75 Å². The Hall–Kier alpha value is -4.14. The molecule has 0 amide bonds. The molecule has 2 saturated heterocycles. The van der Waals surface area contributed by atoms with E-state index >= 15 is 0 Å². The lowest BCUT2D eigenvalue weighted by atomic mass is 10.1. The second-order valence-corrected chi connectivity index (χ2v) is 10.4. The SMILES string of the molecule is Cc1ccc(OCCn2cc(/C=N/Nc3nc(N4CCCC4)nc(N4CCCC4)n3)c3ccccc32)c(C)c1. The van der Waals surface area contributed by atoms with E-state index in [1.807, 2.05) is 12.3 Å². The second-order valence-electron chi connectivity index (χ2n) is 10.4. The number of aryl methyl sites for hydroxylation is 2. The van der Waals surface area contributed by atoms with E-state index in [-0.39, 0.29) is 0 Å². The number of fused-ring (bicyclic) bond motifs is 1. The predicted octanol–water partition coefficient (Wildman–Crippen LogP) is 5.17. The molecule has 6 rings (SSSR count). The number of rotatable bonds is 9. The van der Waals surface area contributed by atoms with Gasteiger partial charge in [0.2, 0.25) is 17.8 Å². The standard InChI is InChI=1S/C30H36N8O/c1-22-11-12-27(23(2)19-22)39-18-17-38-21-24(25-9-3-4-10-26(25)38)20-31-35-28-32-29(36-13-5-6-14-36)34-30(33-28)37-15-7-8-16-37/h3-4,9-12,19-21H,5-8,13-18H2,1-2H3,(H,32,33,34,35)/b31-20+. The Balaban J connectivity index is 1.19. The zero-order valence-electron chi connectivity index (χ0n) is 22.8. The van der Waals surface area contributed by atoms with E-state index < -0.39 is 0 Å². The van der Waals surface area contributed by atoms with Gasteiger partial charge in [0.25, 0.3) is 0 Å². The maximum atomic E-state index is 6.10. The van der Waals surface area contributed by atoms with Crippen molar-refractivity contribution in [3.05, 3.63) is 65.4 Å². The highest BCUT2D eigenvalue weighted by Gasteiger charge is 2.21. The summed E-state index contributed by atoms with van der Waals surface area (Å²) in [5.74, 6) is 2.89. The molecule has 2 aromatic carbocycles. The summed E-state index contributed by atoms with van der Waals surface area (Å²) in [5, 5.41) is 5.69. The molecule has 0 radical (unpaired) electrons. The molecule has 0 unspecified atom stereocenters. The van der Waals surface area contributed by atoms with Crippen molar-refractivity contribution >= 4 is 35.0 Å². The molecule has 39 heavy (non-hydrogen) atoms. The van der Waals surface area contributed by atoms with E-state index in [1.165, 1.54) is 31.2 Å². The first-order valence-corrected chi connectivity index (χ1v) is 14.0. The fourth-order valence-electron chi connectivity index (χ4n) is 5.46. The number of benzene rings is 2. The summed E-state index contributed by atoms with van der Waals surface area (Å²) in [4.78, 5) is 18.7. The van der Waals surface area contributed by atoms with Gasteiger partial charge in [0.05, 0.1) is 12.8 Å². The zero-order valence-corrected chi connectivity index (χ0v) is 22.8. The van der Waals surface area contributed by atoms with Crippen molar-refractivity contribution < 1.29 is 4.74 Å². The van der Waals surface area contributed by atoms with Crippen molar-refractivity contribution in [2.24, 2.45) is 5.10 Å². The zero-order chi connectivity index (χ0) is 26.6. The van der Waals surface area contributed by atoms with Gasteiger partial charge in [-0.15, -0.1) is 0 Å². The average Bonchev–Trinajstić information content (AvgIpc) is 3.73. The lowest BCUT2D eigenvalue weighted by Gasteiger charge is -2.20. The number of nitrogens with one attached hydrogen (secondary N) is 1. The topological polar surface area (TPSA) is 83.7 Å². The summed E-state index contributed by atoms with van der Waals surface area (Å²) in [6, 6.07) is 14.7. The van der Waals surface area contributed by atoms with E-state index in [4.69, 9.17) is 19.7 Å². The largest absolute Gasteiger partial charge is 0.491 e. The smallest absolute Gasteiger partial charge is 0.250 e. The molecule has 9 nitrogen and oxygen atoms in total. The molecule has 4 aromatic rings. The van der Waals surface area contributed by atoms with Gasteiger partial charge >= 0.3 is 0 Å². The fraction of sp³-hybridized carbons (Fsp3) is 0.400. The minimum atomic E-state index is 0.482. The number of aromatic nitrogens is 4. The maximum Gasteiger partial charge on any atom is 0.250 e. The van der Waals surface area contributed by atoms with Crippen LogP contribution in [0.4, 0.5) is 17.8 Å². The summed E-state index contributed by atoms with van der Waals surface area (Å²) in [7, 11) is 0. The van der Waals surface area contributed by atoms with Gasteiger partial charge in [-0.05, 0) is 57.2 Å². The lowest BCUT2D eigenvalue weighted by molar-refractivity contribution is 0.298. The molecular formula is C30H36N8O. The Morgan fingerprint density at radius 2 is 1.59 bits per heavy atom. The van der Waals surface area contributed by atoms with Crippen LogP contribution in [0.3, 0.4) is 0 Å². The van der Waals surface area contributed by atoms with Crippen LogP contribution in [0.1, 0.15) is 42.4 Å². The summed E-state index contributed by atoms with van der Waals surface area (Å²) in [6.07, 6.45) is 8.66. The molecule has 2 aliphatic rings. The molecule has 2 aliphatic heterocycles. The molecule has 1 N–H and O–H groups in total. The normalized spacial score (nSPS) is 15.6. The molecule has 0 saturated carbocycles. The minimum absolute atomic E-state index is 0.482. The van der Waals surface area contributed by atoms with Crippen molar-refractivity contribution in [1.29, 1.82) is 0 Å². The van der Waals surface area contributed by atoms with Crippen molar-refractivity contribution in [2.45, 2.75) is 46.1 Å². The van der Waals surface area contributed by atoms with Crippen LogP contribution in [-0.4, -0.2) is 58.5 Å². The van der Waals surface area contributed by atoms with Crippen LogP contribution < -0.4 is 20.0 Å². The van der Waals surface area contributed by atoms with Gasteiger partial charge in [-0.3, -0.25) is 0 Å². The number of nitrogens with zero attached hydrogens (tertiary/aromatic N) is 7. The van der Waals surface area contributed by atoms with E-state index in [1.54, 1.807) is 0 Å². The molecule has 0 spiro atoms. The third-order valence-electron chi connectivity index (χ3n) is 7.50. The molecule has 0 aliphatic carbocycles. The number of hydrogen-bond donors (Lipinski definition) is 1. The maximum absolute atomic E-state index is 6.10. The summed E-state index contributed by atoms with van der Waals surface area (Å²) in [6.45, 7) is 9.45. The highest BCUT2D eigenvalue weighted by Crippen LogP contribution is 2.24. The molecule has 0 bridgehead atoms. The van der Waals surface area contributed by atoms with Crippen molar-refractivity contribution in [2.75, 3.05) is 48.0 Å². The summed E-state index contributed by atoms with van der Waals surface area (Å²) in [5.41, 5.74) is 7.66.